The monoisotopic (exact) mass is 266 g/mol. The number of carboxylic acid groups (broad SMARTS) is 1. The molecule has 1 aromatic rings. The van der Waals surface area contributed by atoms with Crippen molar-refractivity contribution in [3.63, 3.8) is 0 Å². The van der Waals surface area contributed by atoms with Crippen molar-refractivity contribution in [3.8, 4) is 5.75 Å². The minimum Gasteiger partial charge on any atom is -0.489 e. The van der Waals surface area contributed by atoms with Crippen molar-refractivity contribution in [2.75, 3.05) is 5.75 Å². The normalized spacial score (nSPS) is 18.3. The van der Waals surface area contributed by atoms with E-state index in [1.807, 2.05) is 12.1 Å². The van der Waals surface area contributed by atoms with E-state index in [1.54, 1.807) is 13.8 Å². The van der Waals surface area contributed by atoms with Crippen LogP contribution in [0.3, 0.4) is 0 Å². The summed E-state index contributed by atoms with van der Waals surface area (Å²) in [5.74, 6) is 0.866. The molecule has 0 amide bonds. The van der Waals surface area contributed by atoms with Gasteiger partial charge in [0.1, 0.15) is 16.6 Å². The summed E-state index contributed by atoms with van der Waals surface area (Å²) in [6, 6.07) is 6.18. The summed E-state index contributed by atoms with van der Waals surface area (Å²) >= 11 is 1.43. The van der Waals surface area contributed by atoms with Crippen LogP contribution in [0.4, 0.5) is 0 Å². The Bertz CT molecular complexity index is 468. The predicted molar refractivity (Wildman–Crippen MR) is 73.5 cm³/mol. The fourth-order valence-electron chi connectivity index (χ4n) is 1.91. The maximum atomic E-state index is 11.0. The van der Waals surface area contributed by atoms with Crippen LogP contribution in [-0.2, 0) is 11.2 Å². The summed E-state index contributed by atoms with van der Waals surface area (Å²) in [7, 11) is 0. The minimum absolute atomic E-state index is 0.0884. The average Bonchev–Trinajstić information content (AvgIpc) is 2.68. The van der Waals surface area contributed by atoms with Gasteiger partial charge in [-0.25, -0.2) is 0 Å². The van der Waals surface area contributed by atoms with Gasteiger partial charge in [-0.1, -0.05) is 17.7 Å². The third-order valence-corrected chi connectivity index (χ3v) is 4.54. The van der Waals surface area contributed by atoms with Gasteiger partial charge in [-0.15, -0.1) is 11.8 Å². The minimum atomic E-state index is -0.779. The summed E-state index contributed by atoms with van der Waals surface area (Å²) in [6.45, 7) is 5.52. The quantitative estimate of drug-likeness (QED) is 0.910. The van der Waals surface area contributed by atoms with Crippen molar-refractivity contribution in [3.05, 3.63) is 29.3 Å². The number of ether oxygens (including phenoxy) is 1. The number of hydrogen-bond acceptors (Lipinski definition) is 3. The van der Waals surface area contributed by atoms with Gasteiger partial charge in [0.15, 0.2) is 0 Å². The first kappa shape index (κ1) is 13.3. The highest BCUT2D eigenvalue weighted by molar-refractivity contribution is 8.01. The average molecular weight is 266 g/mol. The lowest BCUT2D eigenvalue weighted by atomic mass is 10.1. The number of carboxylic acids is 1. The van der Waals surface area contributed by atoms with Gasteiger partial charge in [-0.05, 0) is 32.4 Å². The molecule has 0 saturated carbocycles. The number of aliphatic carboxylic acids is 1. The number of fused-ring (bicyclic) bond motifs is 1. The zero-order valence-corrected chi connectivity index (χ0v) is 11.7. The van der Waals surface area contributed by atoms with Crippen LogP contribution >= 0.6 is 11.8 Å². The molecule has 0 bridgehead atoms. The Labute approximate surface area is 112 Å². The van der Waals surface area contributed by atoms with Crippen LogP contribution in [0.15, 0.2) is 18.2 Å². The van der Waals surface area contributed by atoms with E-state index in [4.69, 9.17) is 9.84 Å². The van der Waals surface area contributed by atoms with E-state index < -0.39 is 10.7 Å². The van der Waals surface area contributed by atoms with Gasteiger partial charge in [-0.2, -0.15) is 0 Å². The Kier molecular flexibility index (Phi) is 3.57. The number of thioether (sulfide) groups is 1. The van der Waals surface area contributed by atoms with Gasteiger partial charge in [0.25, 0.3) is 0 Å². The van der Waals surface area contributed by atoms with Crippen molar-refractivity contribution in [1.29, 1.82) is 0 Å². The summed E-state index contributed by atoms with van der Waals surface area (Å²) in [5, 5.41) is 9.06. The first-order chi connectivity index (χ1) is 8.38. The molecular formula is C14H18O3S. The highest BCUT2D eigenvalue weighted by Crippen LogP contribution is 2.33. The Hall–Kier alpha value is -1.16. The third kappa shape index (κ3) is 2.80. The summed E-state index contributed by atoms with van der Waals surface area (Å²) in [6.07, 6.45) is 0.963. The molecule has 0 saturated heterocycles. The van der Waals surface area contributed by atoms with Gasteiger partial charge in [-0.3, -0.25) is 4.79 Å². The van der Waals surface area contributed by atoms with Crippen LogP contribution < -0.4 is 4.74 Å². The number of aryl methyl sites for hydroxylation is 1. The van der Waals surface area contributed by atoms with E-state index in [9.17, 15) is 4.79 Å². The molecule has 0 aliphatic carbocycles. The maximum Gasteiger partial charge on any atom is 0.319 e. The first-order valence-corrected chi connectivity index (χ1v) is 7.00. The van der Waals surface area contributed by atoms with Gasteiger partial charge in [0.2, 0.25) is 0 Å². The third-order valence-electron chi connectivity index (χ3n) is 3.10. The van der Waals surface area contributed by atoms with E-state index in [-0.39, 0.29) is 6.10 Å². The molecular weight excluding hydrogens is 248 g/mol. The molecule has 1 N–H and O–H groups in total. The Morgan fingerprint density at radius 3 is 2.94 bits per heavy atom. The molecule has 1 heterocycles. The van der Waals surface area contributed by atoms with E-state index in [0.29, 0.717) is 5.75 Å². The van der Waals surface area contributed by atoms with E-state index in [0.717, 1.165) is 12.2 Å². The highest BCUT2D eigenvalue weighted by atomic mass is 32.2. The van der Waals surface area contributed by atoms with Crippen molar-refractivity contribution >= 4 is 17.7 Å². The Morgan fingerprint density at radius 1 is 1.56 bits per heavy atom. The van der Waals surface area contributed by atoms with Crippen LogP contribution in [0.1, 0.15) is 25.0 Å². The number of benzene rings is 1. The molecule has 0 radical (unpaired) electrons. The number of rotatable bonds is 4. The molecule has 4 heteroatoms. The predicted octanol–water partition coefficient (Wildman–Crippen LogP) is 2.89. The number of hydrogen-bond donors (Lipinski definition) is 1. The summed E-state index contributed by atoms with van der Waals surface area (Å²) in [5.41, 5.74) is 2.46. The topological polar surface area (TPSA) is 46.5 Å². The Balaban J connectivity index is 1.94. The highest BCUT2D eigenvalue weighted by Gasteiger charge is 2.31. The van der Waals surface area contributed by atoms with Gasteiger partial charge < -0.3 is 9.84 Å². The molecule has 0 spiro atoms. The van der Waals surface area contributed by atoms with Crippen LogP contribution in [0.5, 0.6) is 5.75 Å². The van der Waals surface area contributed by atoms with Crippen LogP contribution in [0.2, 0.25) is 0 Å². The van der Waals surface area contributed by atoms with Crippen LogP contribution in [-0.4, -0.2) is 27.7 Å². The van der Waals surface area contributed by atoms with Crippen molar-refractivity contribution in [2.24, 2.45) is 0 Å². The standard InChI is InChI=1S/C14H18O3S/c1-9-4-5-12-10(6-9)7-11(17-12)8-18-14(2,3)13(15)16/h4-6,11H,7-8H2,1-3H3,(H,15,16). The molecule has 18 heavy (non-hydrogen) atoms. The lowest BCUT2D eigenvalue weighted by Crippen LogP contribution is -2.30. The Morgan fingerprint density at radius 2 is 2.28 bits per heavy atom. The lowest BCUT2D eigenvalue weighted by molar-refractivity contribution is -0.138. The van der Waals surface area contributed by atoms with Crippen molar-refractivity contribution in [1.82, 2.24) is 0 Å². The second-order valence-corrected chi connectivity index (χ2v) is 6.82. The zero-order valence-electron chi connectivity index (χ0n) is 10.9. The summed E-state index contributed by atoms with van der Waals surface area (Å²) in [4.78, 5) is 11.0. The largest absolute Gasteiger partial charge is 0.489 e. The molecule has 1 aliphatic heterocycles. The molecule has 98 valence electrons. The number of carbonyl (C=O) groups is 1. The van der Waals surface area contributed by atoms with Gasteiger partial charge in [0, 0.05) is 12.2 Å². The fraction of sp³-hybridized carbons (Fsp3) is 0.500. The second-order valence-electron chi connectivity index (χ2n) is 5.18. The molecule has 0 aromatic heterocycles. The lowest BCUT2D eigenvalue weighted by Gasteiger charge is -2.20. The molecule has 0 fully saturated rings. The molecule has 1 atom stereocenters. The van der Waals surface area contributed by atoms with E-state index in [1.165, 1.54) is 22.9 Å². The maximum absolute atomic E-state index is 11.0. The molecule has 3 nitrogen and oxygen atoms in total. The summed E-state index contributed by atoms with van der Waals surface area (Å²) < 4.78 is 5.07. The molecule has 1 unspecified atom stereocenters. The van der Waals surface area contributed by atoms with Crippen molar-refractivity contribution < 1.29 is 14.6 Å². The SMILES string of the molecule is Cc1ccc2c(c1)CC(CSC(C)(C)C(=O)O)O2. The molecule has 1 aliphatic rings. The van der Waals surface area contributed by atoms with Crippen LogP contribution in [0, 0.1) is 6.92 Å². The second kappa shape index (κ2) is 4.84. The van der Waals surface area contributed by atoms with Gasteiger partial charge >= 0.3 is 5.97 Å². The van der Waals surface area contributed by atoms with E-state index >= 15 is 0 Å². The zero-order chi connectivity index (χ0) is 13.3. The smallest absolute Gasteiger partial charge is 0.319 e. The molecule has 1 aromatic carbocycles. The van der Waals surface area contributed by atoms with E-state index in [2.05, 4.69) is 13.0 Å². The fourth-order valence-corrected chi connectivity index (χ4v) is 2.82. The molecule has 2 rings (SSSR count). The van der Waals surface area contributed by atoms with Crippen LogP contribution in [0.25, 0.3) is 0 Å². The first-order valence-electron chi connectivity index (χ1n) is 6.02. The van der Waals surface area contributed by atoms with Gasteiger partial charge in [0.05, 0.1) is 0 Å². The van der Waals surface area contributed by atoms with Crippen molar-refractivity contribution in [2.45, 2.75) is 38.0 Å².